The fourth-order valence-corrected chi connectivity index (χ4v) is 2.05. The Kier molecular flexibility index (Phi) is 2.90. The van der Waals surface area contributed by atoms with E-state index in [1.54, 1.807) is 5.32 Å². The number of quaternary nitrogens is 1. The van der Waals surface area contributed by atoms with Gasteiger partial charge in [0.2, 0.25) is 0 Å². The van der Waals surface area contributed by atoms with Gasteiger partial charge in [-0.1, -0.05) is 0 Å². The first-order chi connectivity index (χ1) is 7.61. The van der Waals surface area contributed by atoms with Crippen LogP contribution in [0, 0.1) is 0 Å². The molecule has 16 heavy (non-hydrogen) atoms. The topological polar surface area (TPSA) is 123 Å². The van der Waals surface area contributed by atoms with Crippen molar-refractivity contribution in [3.8, 4) is 0 Å². The zero-order valence-electron chi connectivity index (χ0n) is 8.51. The maximum atomic E-state index is 11.5. The normalized spacial score (nSPS) is 29.5. The molecule has 3 atom stereocenters. The molecule has 0 amide bonds. The molecule has 1 aromatic rings. The molecule has 0 spiro atoms. The quantitative estimate of drug-likeness (QED) is 0.365. The van der Waals surface area contributed by atoms with E-state index in [4.69, 9.17) is 5.11 Å². The summed E-state index contributed by atoms with van der Waals surface area (Å²) < 4.78 is 0. The van der Waals surface area contributed by atoms with Gasteiger partial charge in [0, 0.05) is 12.6 Å². The summed E-state index contributed by atoms with van der Waals surface area (Å²) in [5.74, 6) is 0. The van der Waals surface area contributed by atoms with Crippen molar-refractivity contribution in [2.45, 2.75) is 24.6 Å². The number of rotatable bonds is 2. The first kappa shape index (κ1) is 11.1. The third-order valence-corrected chi connectivity index (χ3v) is 2.93. The molecule has 2 rings (SSSR count). The highest BCUT2D eigenvalue weighted by molar-refractivity contribution is 5.08. The summed E-state index contributed by atoms with van der Waals surface area (Å²) in [6.45, 7) is -0.140. The van der Waals surface area contributed by atoms with E-state index in [9.17, 15) is 14.7 Å². The van der Waals surface area contributed by atoms with E-state index in [1.807, 2.05) is 0 Å². The van der Waals surface area contributed by atoms with Crippen LogP contribution in [0.15, 0.2) is 15.8 Å². The number of hydrogen-bond donors (Lipinski definition) is 5. The molecule has 0 bridgehead atoms. The highest BCUT2D eigenvalue weighted by Gasteiger charge is 2.38. The lowest BCUT2D eigenvalue weighted by Gasteiger charge is -2.08. The van der Waals surface area contributed by atoms with Crippen molar-refractivity contribution in [1.82, 2.24) is 9.97 Å². The van der Waals surface area contributed by atoms with Gasteiger partial charge in [-0.25, -0.2) is 4.79 Å². The lowest BCUT2D eigenvalue weighted by atomic mass is 10.1. The van der Waals surface area contributed by atoms with Gasteiger partial charge in [-0.15, -0.1) is 0 Å². The van der Waals surface area contributed by atoms with E-state index in [2.05, 4.69) is 9.97 Å². The first-order valence-corrected chi connectivity index (χ1v) is 5.07. The summed E-state index contributed by atoms with van der Waals surface area (Å²) >= 11 is 0. The Labute approximate surface area is 90.2 Å². The first-order valence-electron chi connectivity index (χ1n) is 5.07. The monoisotopic (exact) mass is 228 g/mol. The Hall–Kier alpha value is -1.44. The molecule has 2 heterocycles. The average Bonchev–Trinajstić information content (AvgIpc) is 2.59. The van der Waals surface area contributed by atoms with E-state index in [0.29, 0.717) is 12.0 Å². The molecule has 0 radical (unpaired) electrons. The van der Waals surface area contributed by atoms with Crippen LogP contribution in [0.2, 0.25) is 0 Å². The molecule has 0 aromatic carbocycles. The molecule has 7 heteroatoms. The molecular weight excluding hydrogens is 214 g/mol. The fraction of sp³-hybridized carbons (Fsp3) is 0.556. The van der Waals surface area contributed by atoms with E-state index in [0.717, 1.165) is 0 Å². The number of aromatic amines is 2. The molecule has 7 nitrogen and oxygen atoms in total. The van der Waals surface area contributed by atoms with Crippen LogP contribution in [-0.2, 0) is 0 Å². The molecule has 1 saturated heterocycles. The zero-order chi connectivity index (χ0) is 11.7. The summed E-state index contributed by atoms with van der Waals surface area (Å²) in [6.07, 6.45) is 1.11. The third kappa shape index (κ3) is 1.92. The van der Waals surface area contributed by atoms with Crippen molar-refractivity contribution in [3.05, 3.63) is 32.6 Å². The summed E-state index contributed by atoms with van der Waals surface area (Å²) in [4.78, 5) is 26.8. The summed E-state index contributed by atoms with van der Waals surface area (Å²) in [7, 11) is 0. The molecule has 0 aliphatic carbocycles. The van der Waals surface area contributed by atoms with Gasteiger partial charge in [-0.2, -0.15) is 0 Å². The van der Waals surface area contributed by atoms with Crippen molar-refractivity contribution in [3.63, 3.8) is 0 Å². The van der Waals surface area contributed by atoms with Gasteiger partial charge in [-0.3, -0.25) is 9.78 Å². The molecule has 6 N–H and O–H groups in total. The summed E-state index contributed by atoms with van der Waals surface area (Å²) in [5.41, 5.74) is -0.587. The van der Waals surface area contributed by atoms with Crippen LogP contribution >= 0.6 is 0 Å². The number of H-pyrrole nitrogens is 2. The van der Waals surface area contributed by atoms with Crippen LogP contribution < -0.4 is 16.6 Å². The number of aliphatic hydroxyl groups excluding tert-OH is 2. The van der Waals surface area contributed by atoms with Crippen molar-refractivity contribution < 1.29 is 15.5 Å². The van der Waals surface area contributed by atoms with E-state index in [1.165, 1.54) is 6.20 Å². The largest absolute Gasteiger partial charge is 0.390 e. The van der Waals surface area contributed by atoms with Crippen LogP contribution in [0.5, 0.6) is 0 Å². The predicted octanol–water partition coefficient (Wildman–Crippen LogP) is -3.21. The molecule has 0 saturated carbocycles. The molecule has 1 aliphatic heterocycles. The number of aliphatic hydroxyl groups is 2. The van der Waals surface area contributed by atoms with Gasteiger partial charge < -0.3 is 20.5 Å². The van der Waals surface area contributed by atoms with Crippen molar-refractivity contribution in [2.24, 2.45) is 0 Å². The molecular formula is C9H14N3O4+. The molecule has 1 aromatic heterocycles. The van der Waals surface area contributed by atoms with Gasteiger partial charge in [0.25, 0.3) is 5.56 Å². The molecule has 1 aliphatic rings. The molecule has 0 unspecified atom stereocenters. The van der Waals surface area contributed by atoms with Crippen LogP contribution in [0.3, 0.4) is 0 Å². The van der Waals surface area contributed by atoms with Gasteiger partial charge in [0.15, 0.2) is 0 Å². The minimum absolute atomic E-state index is 0.140. The summed E-state index contributed by atoms with van der Waals surface area (Å²) in [6, 6.07) is -0.538. The van der Waals surface area contributed by atoms with Crippen LogP contribution in [0.25, 0.3) is 0 Å². The Morgan fingerprint density at radius 2 is 2.25 bits per heavy atom. The Morgan fingerprint density at radius 3 is 2.81 bits per heavy atom. The third-order valence-electron chi connectivity index (χ3n) is 2.93. The van der Waals surface area contributed by atoms with Crippen molar-refractivity contribution >= 4 is 0 Å². The average molecular weight is 228 g/mol. The highest BCUT2D eigenvalue weighted by atomic mass is 16.3. The van der Waals surface area contributed by atoms with E-state index >= 15 is 0 Å². The van der Waals surface area contributed by atoms with Crippen molar-refractivity contribution in [2.75, 3.05) is 6.61 Å². The van der Waals surface area contributed by atoms with Crippen LogP contribution in [0.4, 0.5) is 0 Å². The highest BCUT2D eigenvalue weighted by Crippen LogP contribution is 2.16. The number of hydrogen-bond acceptors (Lipinski definition) is 4. The van der Waals surface area contributed by atoms with Crippen LogP contribution in [0.1, 0.15) is 18.0 Å². The Morgan fingerprint density at radius 1 is 1.50 bits per heavy atom. The van der Waals surface area contributed by atoms with Crippen molar-refractivity contribution in [1.29, 1.82) is 0 Å². The smallest absolute Gasteiger partial charge is 0.325 e. The van der Waals surface area contributed by atoms with Gasteiger partial charge >= 0.3 is 5.69 Å². The van der Waals surface area contributed by atoms with Gasteiger partial charge in [0.05, 0.1) is 12.2 Å². The standard InChI is InChI=1S/C9H13N3O4/c13-3-6-7(14)1-5(11-6)4-2-10-9(16)12-8(4)15/h2,5-7,11,13-14H,1,3H2,(H2,10,12,15,16)/p+1/t5-,6-,7-/m0/s1. The maximum Gasteiger partial charge on any atom is 0.325 e. The molecule has 88 valence electrons. The predicted molar refractivity (Wildman–Crippen MR) is 53.8 cm³/mol. The van der Waals surface area contributed by atoms with Gasteiger partial charge in [-0.05, 0) is 0 Å². The number of aromatic nitrogens is 2. The lowest BCUT2D eigenvalue weighted by molar-refractivity contribution is -0.711. The Balaban J connectivity index is 2.27. The van der Waals surface area contributed by atoms with Gasteiger partial charge in [0.1, 0.15) is 18.2 Å². The van der Waals surface area contributed by atoms with E-state index in [-0.39, 0.29) is 18.7 Å². The minimum atomic E-state index is -0.638. The maximum absolute atomic E-state index is 11.5. The fourth-order valence-electron chi connectivity index (χ4n) is 2.05. The SMILES string of the molecule is O=c1[nH]cc([C@@H]2C[C@H](O)[C@H](CO)[NH2+]2)c(=O)[nH]1. The minimum Gasteiger partial charge on any atom is -0.390 e. The van der Waals surface area contributed by atoms with E-state index < -0.39 is 17.4 Å². The zero-order valence-corrected chi connectivity index (χ0v) is 8.51. The number of nitrogens with two attached hydrogens (primary N) is 1. The van der Waals surface area contributed by atoms with Crippen LogP contribution in [-0.4, -0.2) is 38.9 Å². The second kappa shape index (κ2) is 4.20. The lowest BCUT2D eigenvalue weighted by Crippen LogP contribution is -2.89. The second-order valence-electron chi connectivity index (χ2n) is 3.98. The summed E-state index contributed by atoms with van der Waals surface area (Å²) in [5, 5.41) is 20.3. The second-order valence-corrected chi connectivity index (χ2v) is 3.98. The number of nitrogens with one attached hydrogen (secondary N) is 2. The molecule has 1 fully saturated rings. The Bertz CT molecular complexity index is 480.